The Morgan fingerprint density at radius 3 is 2.86 bits per heavy atom. The van der Waals surface area contributed by atoms with Gasteiger partial charge in [-0.1, -0.05) is 0 Å². The molecular formula is C16H22N4O2. The zero-order valence-corrected chi connectivity index (χ0v) is 13.1. The van der Waals surface area contributed by atoms with Crippen LogP contribution in [0.3, 0.4) is 0 Å². The summed E-state index contributed by atoms with van der Waals surface area (Å²) in [6.45, 7) is 7.12. The van der Waals surface area contributed by atoms with Crippen LogP contribution >= 0.6 is 0 Å². The van der Waals surface area contributed by atoms with E-state index < -0.39 is 0 Å². The predicted molar refractivity (Wildman–Crippen MR) is 83.8 cm³/mol. The Hall–Kier alpha value is -1.95. The minimum atomic E-state index is -0.313. The molecule has 0 bridgehead atoms. The number of anilines is 1. The molecule has 2 aliphatic heterocycles. The zero-order chi connectivity index (χ0) is 15.7. The van der Waals surface area contributed by atoms with Crippen molar-refractivity contribution in [3.8, 4) is 0 Å². The van der Waals surface area contributed by atoms with Gasteiger partial charge in [0.15, 0.2) is 0 Å². The molecule has 1 aromatic rings. The molecule has 3 heterocycles. The van der Waals surface area contributed by atoms with Gasteiger partial charge in [0, 0.05) is 32.1 Å². The topological polar surface area (TPSA) is 74.3 Å². The maximum atomic E-state index is 12.0. The van der Waals surface area contributed by atoms with Crippen LogP contribution in [-0.2, 0) is 9.59 Å². The number of nitrogens with zero attached hydrogens (tertiary/aromatic N) is 2. The molecule has 3 rings (SSSR count). The van der Waals surface area contributed by atoms with Crippen LogP contribution in [0.1, 0.15) is 36.9 Å². The van der Waals surface area contributed by atoms with Gasteiger partial charge in [0.1, 0.15) is 0 Å². The van der Waals surface area contributed by atoms with Crippen LogP contribution in [0.5, 0.6) is 0 Å². The number of piperidine rings is 1. The number of carbonyl (C=O) groups is 2. The monoisotopic (exact) mass is 302 g/mol. The number of piperazine rings is 1. The lowest BCUT2D eigenvalue weighted by Gasteiger charge is -2.34. The first-order chi connectivity index (χ1) is 10.5. The minimum absolute atomic E-state index is 0.190. The van der Waals surface area contributed by atoms with E-state index in [9.17, 15) is 9.59 Å². The Morgan fingerprint density at radius 1 is 1.36 bits per heavy atom. The Bertz CT molecular complexity index is 602. The summed E-state index contributed by atoms with van der Waals surface area (Å²) in [7, 11) is 0. The lowest BCUT2D eigenvalue weighted by atomic mass is 9.93. The molecular weight excluding hydrogens is 280 g/mol. The summed E-state index contributed by atoms with van der Waals surface area (Å²) in [5, 5.41) is 5.82. The van der Waals surface area contributed by atoms with Crippen molar-refractivity contribution in [3.63, 3.8) is 0 Å². The molecule has 1 unspecified atom stereocenters. The minimum Gasteiger partial charge on any atom is -0.367 e. The number of nitrogens with one attached hydrogen (secondary N) is 2. The fraction of sp³-hybridized carbons (Fsp3) is 0.562. The summed E-state index contributed by atoms with van der Waals surface area (Å²) < 4.78 is 0. The second kappa shape index (κ2) is 6.04. The third-order valence-corrected chi connectivity index (χ3v) is 4.41. The summed E-state index contributed by atoms with van der Waals surface area (Å²) in [6, 6.07) is 2.45. The molecule has 6 nitrogen and oxygen atoms in total. The average Bonchev–Trinajstić information content (AvgIpc) is 2.47. The van der Waals surface area contributed by atoms with Crippen molar-refractivity contribution in [1.29, 1.82) is 0 Å². The van der Waals surface area contributed by atoms with Crippen molar-refractivity contribution < 1.29 is 9.59 Å². The molecule has 2 atom stereocenters. The first kappa shape index (κ1) is 15.0. The SMILES string of the molecule is Cc1cc(C2CCC(=O)NC2=O)ncc1N1CCN[C@@H](C)C1. The molecule has 6 heteroatoms. The first-order valence-electron chi connectivity index (χ1n) is 7.83. The molecule has 0 radical (unpaired) electrons. The van der Waals surface area contributed by atoms with Crippen molar-refractivity contribution in [2.75, 3.05) is 24.5 Å². The number of carbonyl (C=O) groups excluding carboxylic acids is 2. The van der Waals surface area contributed by atoms with E-state index in [4.69, 9.17) is 0 Å². The highest BCUT2D eigenvalue weighted by molar-refractivity contribution is 6.00. The highest BCUT2D eigenvalue weighted by Crippen LogP contribution is 2.27. The van der Waals surface area contributed by atoms with E-state index in [1.54, 1.807) is 0 Å². The molecule has 0 aliphatic carbocycles. The number of imide groups is 1. The number of aromatic nitrogens is 1. The second-order valence-corrected chi connectivity index (χ2v) is 6.20. The third kappa shape index (κ3) is 2.97. The van der Waals surface area contributed by atoms with Gasteiger partial charge in [0.2, 0.25) is 11.8 Å². The van der Waals surface area contributed by atoms with E-state index in [2.05, 4.69) is 34.4 Å². The Morgan fingerprint density at radius 2 is 2.18 bits per heavy atom. The van der Waals surface area contributed by atoms with Crippen LogP contribution in [0.25, 0.3) is 0 Å². The van der Waals surface area contributed by atoms with Crippen LogP contribution in [0.15, 0.2) is 12.3 Å². The summed E-state index contributed by atoms with van der Waals surface area (Å²) >= 11 is 0. The average molecular weight is 302 g/mol. The maximum absolute atomic E-state index is 12.0. The second-order valence-electron chi connectivity index (χ2n) is 6.20. The molecule has 118 valence electrons. The van der Waals surface area contributed by atoms with E-state index >= 15 is 0 Å². The van der Waals surface area contributed by atoms with Crippen LogP contribution in [0.4, 0.5) is 5.69 Å². The largest absolute Gasteiger partial charge is 0.367 e. The Kier molecular flexibility index (Phi) is 4.11. The number of rotatable bonds is 2. The molecule has 0 saturated carbocycles. The van der Waals surface area contributed by atoms with Gasteiger partial charge >= 0.3 is 0 Å². The molecule has 22 heavy (non-hydrogen) atoms. The van der Waals surface area contributed by atoms with E-state index in [0.717, 1.165) is 36.6 Å². The van der Waals surface area contributed by atoms with Gasteiger partial charge in [-0.2, -0.15) is 0 Å². The van der Waals surface area contributed by atoms with Gasteiger partial charge in [0.05, 0.1) is 23.5 Å². The van der Waals surface area contributed by atoms with Crippen LogP contribution < -0.4 is 15.5 Å². The molecule has 0 aromatic carbocycles. The van der Waals surface area contributed by atoms with E-state index in [1.807, 2.05) is 12.3 Å². The van der Waals surface area contributed by atoms with Gasteiger partial charge in [-0.15, -0.1) is 0 Å². The standard InChI is InChI=1S/C16H22N4O2/c1-10-7-13(12-3-4-15(21)19-16(12)22)18-8-14(10)20-6-5-17-11(2)9-20/h7-8,11-12,17H,3-6,9H2,1-2H3,(H,19,21,22)/t11-,12?/m0/s1. The Labute approximate surface area is 130 Å². The molecule has 2 fully saturated rings. The number of amides is 2. The van der Waals surface area contributed by atoms with Crippen molar-refractivity contribution >= 4 is 17.5 Å². The number of hydrogen-bond donors (Lipinski definition) is 2. The normalized spacial score (nSPS) is 26.0. The molecule has 0 spiro atoms. The van der Waals surface area contributed by atoms with Crippen molar-refractivity contribution in [1.82, 2.24) is 15.6 Å². The highest BCUT2D eigenvalue weighted by atomic mass is 16.2. The van der Waals surface area contributed by atoms with Gasteiger partial charge in [0.25, 0.3) is 0 Å². The number of pyridine rings is 1. The Balaban J connectivity index is 1.80. The third-order valence-electron chi connectivity index (χ3n) is 4.41. The lowest BCUT2D eigenvalue weighted by molar-refractivity contribution is -0.134. The van der Waals surface area contributed by atoms with Gasteiger partial charge in [-0.05, 0) is 31.9 Å². The van der Waals surface area contributed by atoms with Gasteiger partial charge in [-0.3, -0.25) is 19.9 Å². The van der Waals surface area contributed by atoms with Crippen LogP contribution in [0.2, 0.25) is 0 Å². The van der Waals surface area contributed by atoms with E-state index in [1.165, 1.54) is 0 Å². The van der Waals surface area contributed by atoms with E-state index in [-0.39, 0.29) is 17.7 Å². The highest BCUT2D eigenvalue weighted by Gasteiger charge is 2.29. The predicted octanol–water partition coefficient (Wildman–Crippen LogP) is 0.708. The zero-order valence-electron chi connectivity index (χ0n) is 13.1. The summed E-state index contributed by atoms with van der Waals surface area (Å²) in [6.07, 6.45) is 2.79. The first-order valence-corrected chi connectivity index (χ1v) is 7.83. The molecule has 1 aromatic heterocycles. The quantitative estimate of drug-likeness (QED) is 0.787. The number of aryl methyl sites for hydroxylation is 1. The molecule has 2 amide bonds. The van der Waals surface area contributed by atoms with Crippen molar-refractivity contribution in [2.24, 2.45) is 0 Å². The van der Waals surface area contributed by atoms with Crippen LogP contribution in [0, 0.1) is 6.92 Å². The fourth-order valence-corrected chi connectivity index (χ4v) is 3.22. The molecule has 2 saturated heterocycles. The lowest BCUT2D eigenvalue weighted by Crippen LogP contribution is -2.49. The summed E-state index contributed by atoms with van der Waals surface area (Å²) in [5.41, 5.74) is 3.02. The van der Waals surface area contributed by atoms with Crippen molar-refractivity contribution in [2.45, 2.75) is 38.6 Å². The smallest absolute Gasteiger partial charge is 0.235 e. The summed E-state index contributed by atoms with van der Waals surface area (Å²) in [5.74, 6) is -0.733. The fourth-order valence-electron chi connectivity index (χ4n) is 3.22. The van der Waals surface area contributed by atoms with Crippen LogP contribution in [-0.4, -0.2) is 42.5 Å². The molecule has 2 aliphatic rings. The molecule has 2 N–H and O–H groups in total. The maximum Gasteiger partial charge on any atom is 0.235 e. The van der Waals surface area contributed by atoms with Gasteiger partial charge < -0.3 is 10.2 Å². The van der Waals surface area contributed by atoms with Crippen molar-refractivity contribution in [3.05, 3.63) is 23.5 Å². The summed E-state index contributed by atoms with van der Waals surface area (Å²) in [4.78, 5) is 30.0. The number of hydrogen-bond acceptors (Lipinski definition) is 5. The van der Waals surface area contributed by atoms with E-state index in [0.29, 0.717) is 18.9 Å². The van der Waals surface area contributed by atoms with Gasteiger partial charge in [-0.25, -0.2) is 0 Å².